The molecule has 1 aromatic carbocycles. The van der Waals surface area contributed by atoms with Crippen LogP contribution in [0.3, 0.4) is 0 Å². The van der Waals surface area contributed by atoms with Gasteiger partial charge in [0.05, 0.1) is 4.90 Å². The molecule has 0 radical (unpaired) electrons. The van der Waals surface area contributed by atoms with Crippen LogP contribution in [0.15, 0.2) is 34.2 Å². The number of nitrogens with two attached hydrogens (primary N) is 1. The fourth-order valence-corrected chi connectivity index (χ4v) is 3.04. The second-order valence-electron chi connectivity index (χ2n) is 5.53. The summed E-state index contributed by atoms with van der Waals surface area (Å²) in [6, 6.07) is 6.49. The zero-order valence-corrected chi connectivity index (χ0v) is 12.7. The van der Waals surface area contributed by atoms with Crippen molar-refractivity contribution >= 4 is 21.8 Å². The summed E-state index contributed by atoms with van der Waals surface area (Å²) >= 11 is 0. The van der Waals surface area contributed by atoms with Gasteiger partial charge in [0.1, 0.15) is 12.4 Å². The number of nitrogens with zero attached hydrogens (tertiary/aromatic N) is 1. The zero-order chi connectivity index (χ0) is 15.7. The van der Waals surface area contributed by atoms with E-state index in [1.54, 1.807) is 32.0 Å². The SMILES string of the molecule is CC(C)(N)CNC(=O)CN=C1NS(=O)(=O)c2ccccc21. The summed E-state index contributed by atoms with van der Waals surface area (Å²) in [6.45, 7) is 3.74. The first kappa shape index (κ1) is 15.5. The van der Waals surface area contributed by atoms with Crippen molar-refractivity contribution < 1.29 is 13.2 Å². The smallest absolute Gasteiger partial charge is 0.263 e. The molecule has 114 valence electrons. The standard InChI is InChI=1S/C13H18N4O3S/c1-13(2,14)8-16-11(18)7-15-12-9-5-3-4-6-10(9)21(19,20)17-12/h3-6H,7-8,14H2,1-2H3,(H,15,17)(H,16,18). The van der Waals surface area contributed by atoms with Crippen molar-refractivity contribution in [1.29, 1.82) is 0 Å². The summed E-state index contributed by atoms with van der Waals surface area (Å²) in [5.41, 5.74) is 5.73. The van der Waals surface area contributed by atoms with Gasteiger partial charge >= 0.3 is 0 Å². The van der Waals surface area contributed by atoms with Crippen molar-refractivity contribution in [2.75, 3.05) is 13.1 Å². The number of benzene rings is 1. The molecule has 21 heavy (non-hydrogen) atoms. The number of carbonyl (C=O) groups is 1. The molecule has 0 atom stereocenters. The number of amidine groups is 1. The zero-order valence-electron chi connectivity index (χ0n) is 11.9. The Hall–Kier alpha value is -1.93. The molecule has 8 heteroatoms. The highest BCUT2D eigenvalue weighted by atomic mass is 32.2. The highest BCUT2D eigenvalue weighted by Gasteiger charge is 2.30. The Morgan fingerprint density at radius 3 is 2.71 bits per heavy atom. The summed E-state index contributed by atoms with van der Waals surface area (Å²) in [4.78, 5) is 15.9. The first-order chi connectivity index (χ1) is 9.69. The fourth-order valence-electron chi connectivity index (χ4n) is 1.78. The Labute approximate surface area is 123 Å². The van der Waals surface area contributed by atoms with Crippen LogP contribution in [0.1, 0.15) is 19.4 Å². The summed E-state index contributed by atoms with van der Waals surface area (Å²) in [6.07, 6.45) is 0. The third kappa shape index (κ3) is 3.79. The second-order valence-corrected chi connectivity index (χ2v) is 7.18. The monoisotopic (exact) mass is 310 g/mol. The Bertz CT molecular complexity index is 690. The molecule has 0 saturated carbocycles. The number of hydrogen-bond donors (Lipinski definition) is 3. The number of amides is 1. The maximum Gasteiger partial charge on any atom is 0.263 e. The molecule has 4 N–H and O–H groups in total. The van der Waals surface area contributed by atoms with Crippen LogP contribution < -0.4 is 15.8 Å². The molecular weight excluding hydrogens is 292 g/mol. The predicted octanol–water partition coefficient (Wildman–Crippen LogP) is -0.421. The largest absolute Gasteiger partial charge is 0.353 e. The molecule has 7 nitrogen and oxygen atoms in total. The molecule has 0 fully saturated rings. The normalized spacial score (nSPS) is 18.1. The molecule has 2 rings (SSSR count). The van der Waals surface area contributed by atoms with Crippen LogP contribution in [-0.4, -0.2) is 38.8 Å². The summed E-state index contributed by atoms with van der Waals surface area (Å²) in [5.74, 6) is -0.127. The molecule has 1 amide bonds. The number of fused-ring (bicyclic) bond motifs is 1. The fraction of sp³-hybridized carbons (Fsp3) is 0.385. The average Bonchev–Trinajstić information content (AvgIpc) is 2.65. The number of carbonyl (C=O) groups excluding carboxylic acids is 1. The molecule has 0 saturated heterocycles. The van der Waals surface area contributed by atoms with Crippen LogP contribution in [0.25, 0.3) is 0 Å². The first-order valence-electron chi connectivity index (χ1n) is 6.41. The van der Waals surface area contributed by atoms with E-state index in [-0.39, 0.29) is 23.2 Å². The van der Waals surface area contributed by atoms with Gasteiger partial charge in [0.2, 0.25) is 5.91 Å². The van der Waals surface area contributed by atoms with Gasteiger partial charge in [-0.1, -0.05) is 12.1 Å². The Kier molecular flexibility index (Phi) is 4.02. The molecule has 0 aliphatic carbocycles. The lowest BCUT2D eigenvalue weighted by Gasteiger charge is -2.18. The predicted molar refractivity (Wildman–Crippen MR) is 79.4 cm³/mol. The van der Waals surface area contributed by atoms with E-state index in [4.69, 9.17) is 5.73 Å². The number of nitrogens with one attached hydrogen (secondary N) is 2. The molecule has 1 heterocycles. The number of hydrogen-bond acceptors (Lipinski definition) is 5. The maximum absolute atomic E-state index is 11.9. The quantitative estimate of drug-likeness (QED) is 0.700. The summed E-state index contributed by atoms with van der Waals surface area (Å²) < 4.78 is 26.1. The number of aliphatic imine (C=N–C) groups is 1. The third-order valence-electron chi connectivity index (χ3n) is 2.78. The molecule has 0 aromatic heterocycles. The van der Waals surface area contributed by atoms with Gasteiger partial charge in [0.25, 0.3) is 10.0 Å². The molecule has 1 aliphatic heterocycles. The Morgan fingerprint density at radius 2 is 2.05 bits per heavy atom. The molecule has 0 unspecified atom stereocenters. The van der Waals surface area contributed by atoms with Gasteiger partial charge in [0.15, 0.2) is 0 Å². The third-order valence-corrected chi connectivity index (χ3v) is 4.18. The van der Waals surface area contributed by atoms with Crippen LogP contribution in [0.4, 0.5) is 0 Å². The van der Waals surface area contributed by atoms with E-state index in [1.807, 2.05) is 0 Å². The van der Waals surface area contributed by atoms with Crippen LogP contribution in [0.2, 0.25) is 0 Å². The van der Waals surface area contributed by atoms with E-state index in [0.717, 1.165) is 0 Å². The molecular formula is C13H18N4O3S. The minimum Gasteiger partial charge on any atom is -0.353 e. The van der Waals surface area contributed by atoms with E-state index >= 15 is 0 Å². The highest BCUT2D eigenvalue weighted by Crippen LogP contribution is 2.21. The van der Waals surface area contributed by atoms with Crippen molar-refractivity contribution in [3.63, 3.8) is 0 Å². The topological polar surface area (TPSA) is 114 Å². The van der Waals surface area contributed by atoms with Gasteiger partial charge < -0.3 is 11.1 Å². The van der Waals surface area contributed by atoms with Gasteiger partial charge in [-0.3, -0.25) is 14.5 Å². The molecule has 1 aliphatic rings. The van der Waals surface area contributed by atoms with Gasteiger partial charge in [0, 0.05) is 17.6 Å². The minimum atomic E-state index is -3.57. The van der Waals surface area contributed by atoms with E-state index in [9.17, 15) is 13.2 Å². The van der Waals surface area contributed by atoms with Crippen molar-refractivity contribution in [3.05, 3.63) is 29.8 Å². The summed E-state index contributed by atoms with van der Waals surface area (Å²) in [7, 11) is -3.57. The van der Waals surface area contributed by atoms with Crippen LogP contribution in [0, 0.1) is 0 Å². The van der Waals surface area contributed by atoms with Crippen LogP contribution in [-0.2, 0) is 14.8 Å². The molecule has 1 aromatic rings. The molecule has 0 spiro atoms. The van der Waals surface area contributed by atoms with E-state index < -0.39 is 15.6 Å². The van der Waals surface area contributed by atoms with E-state index in [2.05, 4.69) is 15.0 Å². The summed E-state index contributed by atoms with van der Waals surface area (Å²) in [5, 5.41) is 2.64. The number of rotatable bonds is 4. The minimum absolute atomic E-state index is 0.164. The average molecular weight is 310 g/mol. The van der Waals surface area contributed by atoms with Crippen molar-refractivity contribution in [2.24, 2.45) is 10.7 Å². The van der Waals surface area contributed by atoms with Gasteiger partial charge in [-0.15, -0.1) is 0 Å². The van der Waals surface area contributed by atoms with Crippen molar-refractivity contribution in [2.45, 2.75) is 24.3 Å². The lowest BCUT2D eigenvalue weighted by molar-refractivity contribution is -0.119. The van der Waals surface area contributed by atoms with E-state index in [1.165, 1.54) is 6.07 Å². The molecule has 0 bridgehead atoms. The van der Waals surface area contributed by atoms with Gasteiger partial charge in [-0.25, -0.2) is 8.42 Å². The van der Waals surface area contributed by atoms with Crippen LogP contribution in [0.5, 0.6) is 0 Å². The first-order valence-corrected chi connectivity index (χ1v) is 7.90. The van der Waals surface area contributed by atoms with Crippen molar-refractivity contribution in [3.8, 4) is 0 Å². The lowest BCUT2D eigenvalue weighted by atomic mass is 10.1. The Balaban J connectivity index is 2.09. The van der Waals surface area contributed by atoms with Gasteiger partial charge in [-0.05, 0) is 26.0 Å². The lowest BCUT2D eigenvalue weighted by Crippen LogP contribution is -2.45. The second kappa shape index (κ2) is 5.45. The van der Waals surface area contributed by atoms with Crippen molar-refractivity contribution in [1.82, 2.24) is 10.0 Å². The van der Waals surface area contributed by atoms with Crippen LogP contribution >= 0.6 is 0 Å². The number of sulfonamides is 1. The Morgan fingerprint density at radius 1 is 1.38 bits per heavy atom. The van der Waals surface area contributed by atoms with E-state index in [0.29, 0.717) is 12.1 Å². The van der Waals surface area contributed by atoms with Gasteiger partial charge in [-0.2, -0.15) is 0 Å². The maximum atomic E-state index is 11.9. The highest BCUT2D eigenvalue weighted by molar-refractivity contribution is 7.90.